The Kier molecular flexibility index (Phi) is 6.96. The molecule has 7 nitrogen and oxygen atoms in total. The summed E-state index contributed by atoms with van der Waals surface area (Å²) in [6.45, 7) is 3.70. The van der Waals surface area contributed by atoms with Crippen molar-refractivity contribution in [3.63, 3.8) is 0 Å². The van der Waals surface area contributed by atoms with Crippen LogP contribution in [0.2, 0.25) is 0 Å². The predicted molar refractivity (Wildman–Crippen MR) is 127 cm³/mol. The van der Waals surface area contributed by atoms with Crippen molar-refractivity contribution in [2.45, 2.75) is 26.7 Å². The van der Waals surface area contributed by atoms with Crippen LogP contribution in [0.3, 0.4) is 0 Å². The maximum Gasteiger partial charge on any atom is 0.271 e. The van der Waals surface area contributed by atoms with E-state index >= 15 is 0 Å². The fourth-order valence-corrected chi connectivity index (χ4v) is 4.69. The number of benzene rings is 1. The quantitative estimate of drug-likeness (QED) is 0.394. The van der Waals surface area contributed by atoms with Crippen molar-refractivity contribution in [1.82, 2.24) is 9.47 Å². The second kappa shape index (κ2) is 9.51. The summed E-state index contributed by atoms with van der Waals surface area (Å²) in [6, 6.07) is 9.58. The normalized spacial score (nSPS) is 14.8. The number of amides is 1. The van der Waals surface area contributed by atoms with Crippen molar-refractivity contribution >= 4 is 46.1 Å². The molecule has 1 fully saturated rings. The molecule has 1 N–H and O–H groups in total. The van der Waals surface area contributed by atoms with Crippen molar-refractivity contribution in [3.05, 3.63) is 67.3 Å². The van der Waals surface area contributed by atoms with Gasteiger partial charge >= 0.3 is 0 Å². The van der Waals surface area contributed by atoms with Crippen LogP contribution in [0.5, 0.6) is 5.88 Å². The minimum atomic E-state index is -0.656. The summed E-state index contributed by atoms with van der Waals surface area (Å²) in [4.78, 5) is 39.5. The van der Waals surface area contributed by atoms with Gasteiger partial charge in [0.25, 0.3) is 11.5 Å². The van der Waals surface area contributed by atoms with E-state index in [9.17, 15) is 24.8 Å². The fourth-order valence-electron chi connectivity index (χ4n) is 3.38. The van der Waals surface area contributed by atoms with E-state index in [1.807, 2.05) is 31.2 Å². The Morgan fingerprint density at radius 1 is 1.25 bits per heavy atom. The van der Waals surface area contributed by atoms with Gasteiger partial charge in [0, 0.05) is 20.0 Å². The Morgan fingerprint density at radius 3 is 2.53 bits per heavy atom. The molecule has 1 aromatic heterocycles. The molecule has 0 atom stereocenters. The molecule has 164 valence electrons. The number of thioether (sulfide) groups is 1. The number of hydrogen-bond acceptors (Lipinski definition) is 7. The first kappa shape index (κ1) is 23.4. The molecule has 3 rings (SSSR count). The fraction of sp³-hybridized carbons (Fsp3) is 0.261. The zero-order valence-corrected chi connectivity index (χ0v) is 19.5. The number of thiocarbonyl (C=S) groups is 1. The first-order valence-electron chi connectivity index (χ1n) is 9.83. The first-order chi connectivity index (χ1) is 15.1. The number of nitrogens with zero attached hydrogens (tertiary/aromatic N) is 3. The van der Waals surface area contributed by atoms with E-state index in [1.165, 1.54) is 30.6 Å². The molecule has 2 aromatic rings. The molecule has 0 radical (unpaired) electrons. The van der Waals surface area contributed by atoms with Crippen LogP contribution in [-0.4, -0.2) is 37.1 Å². The molecule has 1 aliphatic heterocycles. The lowest BCUT2D eigenvalue weighted by Gasteiger charge is -2.15. The molecule has 0 unspecified atom stereocenters. The number of aryl methyl sites for hydroxylation is 1. The van der Waals surface area contributed by atoms with Crippen molar-refractivity contribution < 1.29 is 14.7 Å². The Labute approximate surface area is 195 Å². The highest BCUT2D eigenvalue weighted by Crippen LogP contribution is 2.33. The highest BCUT2D eigenvalue weighted by Gasteiger charge is 2.32. The molecule has 1 amide bonds. The zero-order chi connectivity index (χ0) is 23.6. The van der Waals surface area contributed by atoms with Crippen LogP contribution in [0.15, 0.2) is 34.0 Å². The van der Waals surface area contributed by atoms with Crippen molar-refractivity contribution in [1.29, 1.82) is 5.26 Å². The van der Waals surface area contributed by atoms with E-state index in [1.54, 1.807) is 12.1 Å². The molecule has 1 aromatic carbocycles. The molecule has 0 saturated carbocycles. The lowest BCUT2D eigenvalue weighted by molar-refractivity contribution is -0.122. The summed E-state index contributed by atoms with van der Waals surface area (Å²) < 4.78 is 1.31. The van der Waals surface area contributed by atoms with E-state index in [0.29, 0.717) is 15.6 Å². The van der Waals surface area contributed by atoms with Gasteiger partial charge in [-0.1, -0.05) is 53.8 Å². The van der Waals surface area contributed by atoms with Gasteiger partial charge in [0.1, 0.15) is 16.0 Å². The van der Waals surface area contributed by atoms with E-state index in [4.69, 9.17) is 12.2 Å². The number of carbonyl (C=O) groups is 2. The lowest BCUT2D eigenvalue weighted by Crippen LogP contribution is -2.29. The maximum absolute atomic E-state index is 12.8. The van der Waals surface area contributed by atoms with Gasteiger partial charge < -0.3 is 5.11 Å². The second-order valence-corrected chi connectivity index (χ2v) is 9.12. The number of hydrogen-bond donors (Lipinski definition) is 1. The minimum Gasteiger partial charge on any atom is -0.494 e. The molecule has 9 heteroatoms. The molecule has 2 heterocycles. The van der Waals surface area contributed by atoms with Crippen LogP contribution in [-0.2, 0) is 11.8 Å². The third-order valence-electron chi connectivity index (χ3n) is 5.23. The maximum atomic E-state index is 12.8. The summed E-state index contributed by atoms with van der Waals surface area (Å²) in [5, 5.41) is 19.5. The van der Waals surface area contributed by atoms with E-state index in [2.05, 4.69) is 0 Å². The van der Waals surface area contributed by atoms with Crippen LogP contribution in [0.1, 0.15) is 45.5 Å². The van der Waals surface area contributed by atoms with E-state index in [0.717, 1.165) is 15.7 Å². The molecule has 1 aliphatic rings. The van der Waals surface area contributed by atoms with Crippen LogP contribution >= 0.6 is 24.0 Å². The number of Topliss-reactive ketones (excluding diaryl/α,β-unsaturated/α-hetero) is 1. The van der Waals surface area contributed by atoms with Crippen LogP contribution < -0.4 is 5.56 Å². The molecule has 0 spiro atoms. The summed E-state index contributed by atoms with van der Waals surface area (Å²) in [7, 11) is 1.30. The Bertz CT molecular complexity index is 1250. The summed E-state index contributed by atoms with van der Waals surface area (Å²) >= 11 is 6.56. The van der Waals surface area contributed by atoms with Crippen molar-refractivity contribution in [2.75, 3.05) is 6.54 Å². The average molecular weight is 468 g/mol. The van der Waals surface area contributed by atoms with Crippen molar-refractivity contribution in [2.24, 2.45) is 7.05 Å². The van der Waals surface area contributed by atoms with Gasteiger partial charge in [-0.05, 0) is 37.5 Å². The molecule has 32 heavy (non-hydrogen) atoms. The molecule has 1 saturated heterocycles. The third-order valence-corrected chi connectivity index (χ3v) is 6.61. The molecular formula is C23H21N3O4S2. The third kappa shape index (κ3) is 4.52. The van der Waals surface area contributed by atoms with Gasteiger partial charge in [-0.15, -0.1) is 0 Å². The van der Waals surface area contributed by atoms with Crippen LogP contribution in [0.4, 0.5) is 0 Å². The summed E-state index contributed by atoms with van der Waals surface area (Å²) in [5.74, 6) is -1.09. The smallest absolute Gasteiger partial charge is 0.271 e. The van der Waals surface area contributed by atoms with Crippen LogP contribution in [0.25, 0.3) is 6.08 Å². The Morgan fingerprint density at radius 2 is 1.91 bits per heavy atom. The molecular weight excluding hydrogens is 446 g/mol. The Hall–Kier alpha value is -3.22. The first-order valence-corrected chi connectivity index (χ1v) is 11.1. The van der Waals surface area contributed by atoms with Gasteiger partial charge in [-0.2, -0.15) is 5.26 Å². The summed E-state index contributed by atoms with van der Waals surface area (Å²) in [5.41, 5.74) is 1.31. The number of aromatic hydroxyl groups is 1. The lowest BCUT2D eigenvalue weighted by atomic mass is 9.99. The highest BCUT2D eigenvalue weighted by molar-refractivity contribution is 8.26. The number of nitriles is 1. The SMILES string of the molecule is Cc1ccc(/C=C2\SC(=S)N(CCCC(=O)c3c(C)c(C#N)c(=O)n(C)c3O)C2=O)cc1. The number of ketones is 1. The number of pyridine rings is 1. The van der Waals surface area contributed by atoms with Gasteiger partial charge in [-0.3, -0.25) is 23.9 Å². The van der Waals surface area contributed by atoms with E-state index < -0.39 is 17.2 Å². The molecule has 0 bridgehead atoms. The average Bonchev–Trinajstić information content (AvgIpc) is 3.01. The van der Waals surface area contributed by atoms with Gasteiger partial charge in [-0.25, -0.2) is 0 Å². The van der Waals surface area contributed by atoms with Gasteiger partial charge in [0.15, 0.2) is 5.78 Å². The minimum absolute atomic E-state index is 0.0194. The summed E-state index contributed by atoms with van der Waals surface area (Å²) in [6.07, 6.45) is 2.12. The zero-order valence-electron chi connectivity index (χ0n) is 17.8. The monoisotopic (exact) mass is 467 g/mol. The van der Waals surface area contributed by atoms with Crippen LogP contribution in [0, 0.1) is 25.2 Å². The second-order valence-electron chi connectivity index (χ2n) is 7.45. The number of aromatic nitrogens is 1. The van der Waals surface area contributed by atoms with Gasteiger partial charge in [0.2, 0.25) is 5.88 Å². The highest BCUT2D eigenvalue weighted by atomic mass is 32.2. The number of carbonyl (C=O) groups excluding carboxylic acids is 2. The topological polar surface area (TPSA) is 103 Å². The molecule has 0 aliphatic carbocycles. The van der Waals surface area contributed by atoms with Gasteiger partial charge in [0.05, 0.1) is 10.5 Å². The number of rotatable bonds is 6. The predicted octanol–water partition coefficient (Wildman–Crippen LogP) is 3.44. The Balaban J connectivity index is 1.70. The van der Waals surface area contributed by atoms with Crippen molar-refractivity contribution in [3.8, 4) is 11.9 Å². The largest absolute Gasteiger partial charge is 0.494 e. The standard InChI is InChI=1S/C23H21N3O4S2/c1-13-6-8-15(9-7-13)11-18-21(29)26(23(31)32-18)10-4-5-17(27)19-14(2)16(12-24)20(28)25(3)22(19)30/h6-9,11,30H,4-5,10H2,1-3H3/b18-11-. The van der Waals surface area contributed by atoms with E-state index in [-0.39, 0.29) is 35.6 Å².